The smallest absolute Gasteiger partial charge is 0.153 e. The van der Waals surface area contributed by atoms with E-state index in [1.807, 2.05) is 43.3 Å². The van der Waals surface area contributed by atoms with E-state index in [9.17, 15) is 4.79 Å². The summed E-state index contributed by atoms with van der Waals surface area (Å²) in [5, 5.41) is 0. The van der Waals surface area contributed by atoms with Crippen molar-refractivity contribution in [3.05, 3.63) is 75.0 Å². The quantitative estimate of drug-likeness (QED) is 0.262. The first-order valence-corrected chi connectivity index (χ1v) is 12.0. The second kappa shape index (κ2) is 12.7. The van der Waals surface area contributed by atoms with Crippen molar-refractivity contribution in [2.45, 2.75) is 26.7 Å². The number of hydrogen-bond acceptors (Lipinski definition) is 5. The molecule has 0 spiro atoms. The molecule has 0 unspecified atom stereocenters. The van der Waals surface area contributed by atoms with Gasteiger partial charge in [-0.3, -0.25) is 4.79 Å². The van der Waals surface area contributed by atoms with Gasteiger partial charge in [-0.15, -0.1) is 11.3 Å². The summed E-state index contributed by atoms with van der Waals surface area (Å²) in [6, 6.07) is 15.8. The Balaban J connectivity index is 1.79. The van der Waals surface area contributed by atoms with Gasteiger partial charge >= 0.3 is 0 Å². The van der Waals surface area contributed by atoms with Crippen molar-refractivity contribution < 1.29 is 19.0 Å². The molecule has 1 aromatic heterocycles. The second-order valence-corrected chi connectivity index (χ2v) is 8.57. The van der Waals surface area contributed by atoms with Crippen LogP contribution in [0.25, 0.3) is 24.3 Å². The number of carbonyl (C=O) groups excluding carboxylic acids is 1. The monoisotopic (exact) mass is 462 g/mol. The number of aldehydes is 1. The molecule has 0 aliphatic heterocycles. The van der Waals surface area contributed by atoms with Crippen LogP contribution < -0.4 is 14.2 Å². The highest BCUT2D eigenvalue weighted by Crippen LogP contribution is 2.31. The maximum absolute atomic E-state index is 11.5. The Bertz CT molecular complexity index is 1090. The molecule has 0 aliphatic rings. The molecule has 0 aliphatic carbocycles. The molecule has 0 N–H and O–H groups in total. The highest BCUT2D eigenvalue weighted by molar-refractivity contribution is 7.13. The molecule has 33 heavy (non-hydrogen) atoms. The third kappa shape index (κ3) is 7.09. The van der Waals surface area contributed by atoms with Crippen molar-refractivity contribution in [3.63, 3.8) is 0 Å². The summed E-state index contributed by atoms with van der Waals surface area (Å²) in [4.78, 5) is 13.8. The van der Waals surface area contributed by atoms with Crippen LogP contribution in [0.15, 0.2) is 48.5 Å². The molecule has 4 nitrogen and oxygen atoms in total. The third-order valence-corrected chi connectivity index (χ3v) is 5.84. The Labute approximate surface area is 200 Å². The van der Waals surface area contributed by atoms with Gasteiger partial charge in [-0.25, -0.2) is 0 Å². The molecule has 1 heterocycles. The van der Waals surface area contributed by atoms with Crippen LogP contribution in [0.3, 0.4) is 0 Å². The molecule has 0 atom stereocenters. The van der Waals surface area contributed by atoms with E-state index < -0.39 is 0 Å². The molecule has 2 aromatic carbocycles. The van der Waals surface area contributed by atoms with Gasteiger partial charge in [0.15, 0.2) is 6.29 Å². The fourth-order valence-electron chi connectivity index (χ4n) is 3.10. The predicted octanol–water partition coefficient (Wildman–Crippen LogP) is 7.49. The molecule has 3 aromatic rings. The van der Waals surface area contributed by atoms with Crippen LogP contribution in [0.2, 0.25) is 0 Å². The van der Waals surface area contributed by atoms with E-state index in [2.05, 4.69) is 37.3 Å². The highest BCUT2D eigenvalue weighted by atomic mass is 32.1. The van der Waals surface area contributed by atoms with E-state index in [0.29, 0.717) is 30.3 Å². The Kier molecular flexibility index (Phi) is 9.33. The SMILES string of the molecule is CCCOc1cc(/C=C/c2ccc(/C=C/c3ccc(OC)cc3)s2)c(OCCC)cc1C=O. The van der Waals surface area contributed by atoms with Crippen LogP contribution in [0, 0.1) is 0 Å². The molecule has 0 amide bonds. The van der Waals surface area contributed by atoms with Crippen LogP contribution in [0.4, 0.5) is 0 Å². The van der Waals surface area contributed by atoms with Gasteiger partial charge in [0.25, 0.3) is 0 Å². The van der Waals surface area contributed by atoms with Gasteiger partial charge in [0.05, 0.1) is 25.9 Å². The minimum absolute atomic E-state index is 0.508. The van der Waals surface area contributed by atoms with E-state index in [1.54, 1.807) is 24.5 Å². The summed E-state index contributed by atoms with van der Waals surface area (Å²) in [7, 11) is 1.67. The lowest BCUT2D eigenvalue weighted by Gasteiger charge is -2.13. The fourth-order valence-corrected chi connectivity index (χ4v) is 3.92. The Morgan fingerprint density at radius 1 is 0.758 bits per heavy atom. The van der Waals surface area contributed by atoms with Crippen molar-refractivity contribution in [1.82, 2.24) is 0 Å². The van der Waals surface area contributed by atoms with Gasteiger partial charge in [0, 0.05) is 15.3 Å². The Hall–Kier alpha value is -3.31. The molecule has 5 heteroatoms. The van der Waals surface area contributed by atoms with Gasteiger partial charge in [-0.1, -0.05) is 32.1 Å². The van der Waals surface area contributed by atoms with Gasteiger partial charge in [0.2, 0.25) is 0 Å². The minimum Gasteiger partial charge on any atom is -0.497 e. The van der Waals surface area contributed by atoms with Gasteiger partial charge in [0.1, 0.15) is 17.2 Å². The Morgan fingerprint density at radius 2 is 1.33 bits per heavy atom. The molecule has 3 rings (SSSR count). The number of ether oxygens (including phenoxy) is 3. The molecule has 0 saturated carbocycles. The van der Waals surface area contributed by atoms with Crippen molar-refractivity contribution in [2.24, 2.45) is 0 Å². The number of methoxy groups -OCH3 is 1. The van der Waals surface area contributed by atoms with Crippen molar-refractivity contribution in [2.75, 3.05) is 20.3 Å². The number of benzene rings is 2. The van der Waals surface area contributed by atoms with E-state index in [0.717, 1.165) is 45.8 Å². The van der Waals surface area contributed by atoms with Crippen LogP contribution in [0.5, 0.6) is 17.2 Å². The normalized spacial score (nSPS) is 11.2. The number of carbonyl (C=O) groups is 1. The zero-order valence-corrected chi connectivity index (χ0v) is 20.2. The van der Waals surface area contributed by atoms with Crippen LogP contribution >= 0.6 is 11.3 Å². The first-order valence-electron chi connectivity index (χ1n) is 11.2. The summed E-state index contributed by atoms with van der Waals surface area (Å²) in [6.07, 6.45) is 10.9. The van der Waals surface area contributed by atoms with E-state index >= 15 is 0 Å². The molecule has 0 radical (unpaired) electrons. The van der Waals surface area contributed by atoms with Crippen molar-refractivity contribution in [1.29, 1.82) is 0 Å². The molecule has 0 bridgehead atoms. The number of hydrogen-bond donors (Lipinski definition) is 0. The van der Waals surface area contributed by atoms with Crippen LogP contribution in [-0.2, 0) is 0 Å². The van der Waals surface area contributed by atoms with E-state index in [-0.39, 0.29) is 0 Å². The number of rotatable bonds is 12. The summed E-state index contributed by atoms with van der Waals surface area (Å²) >= 11 is 1.70. The summed E-state index contributed by atoms with van der Waals surface area (Å²) in [5.41, 5.74) is 2.52. The van der Waals surface area contributed by atoms with Gasteiger partial charge in [-0.05, 0) is 73.0 Å². The molecule has 172 valence electrons. The van der Waals surface area contributed by atoms with E-state index in [1.165, 1.54) is 0 Å². The summed E-state index contributed by atoms with van der Waals surface area (Å²) < 4.78 is 16.9. The first-order chi connectivity index (χ1) is 16.2. The Morgan fingerprint density at radius 3 is 1.91 bits per heavy atom. The predicted molar refractivity (Wildman–Crippen MR) is 139 cm³/mol. The van der Waals surface area contributed by atoms with Gasteiger partial charge < -0.3 is 14.2 Å². The zero-order chi connectivity index (χ0) is 23.5. The second-order valence-electron chi connectivity index (χ2n) is 7.42. The maximum atomic E-state index is 11.5. The largest absolute Gasteiger partial charge is 0.497 e. The topological polar surface area (TPSA) is 44.8 Å². The molecular weight excluding hydrogens is 432 g/mol. The standard InChI is InChI=1S/C28H30O4S/c1-4-16-31-27-19-23(20-29)28(32-17-5-2)18-22(27)9-13-26-15-14-25(33-26)12-8-21-6-10-24(30-3)11-7-21/h6-15,18-20H,4-5,16-17H2,1-3H3/b12-8+,13-9+. The summed E-state index contributed by atoms with van der Waals surface area (Å²) in [5.74, 6) is 2.13. The highest BCUT2D eigenvalue weighted by Gasteiger charge is 2.11. The fraction of sp³-hybridized carbons (Fsp3) is 0.250. The molecule has 0 fully saturated rings. The lowest BCUT2D eigenvalue weighted by atomic mass is 10.1. The van der Waals surface area contributed by atoms with Crippen LogP contribution in [0.1, 0.15) is 57.9 Å². The first kappa shape index (κ1) is 24.3. The van der Waals surface area contributed by atoms with Crippen molar-refractivity contribution >= 4 is 41.9 Å². The third-order valence-electron chi connectivity index (χ3n) is 4.82. The lowest BCUT2D eigenvalue weighted by Crippen LogP contribution is -2.02. The average Bonchev–Trinajstić information content (AvgIpc) is 3.32. The number of thiophene rings is 1. The zero-order valence-electron chi connectivity index (χ0n) is 19.4. The van der Waals surface area contributed by atoms with Crippen molar-refractivity contribution in [3.8, 4) is 17.2 Å². The van der Waals surface area contributed by atoms with Crippen LogP contribution in [-0.4, -0.2) is 26.6 Å². The summed E-state index contributed by atoms with van der Waals surface area (Å²) in [6.45, 7) is 5.25. The maximum Gasteiger partial charge on any atom is 0.153 e. The lowest BCUT2D eigenvalue weighted by molar-refractivity contribution is 0.111. The van der Waals surface area contributed by atoms with Gasteiger partial charge in [-0.2, -0.15) is 0 Å². The van der Waals surface area contributed by atoms with E-state index in [4.69, 9.17) is 14.2 Å². The minimum atomic E-state index is 0.508. The molecular formula is C28H30O4S. The average molecular weight is 463 g/mol. The molecule has 0 saturated heterocycles.